The topological polar surface area (TPSA) is 61.4 Å². The summed E-state index contributed by atoms with van der Waals surface area (Å²) in [6, 6.07) is 0. The highest BCUT2D eigenvalue weighted by Gasteiger charge is 2.24. The molecule has 0 saturated heterocycles. The van der Waals surface area contributed by atoms with Gasteiger partial charge in [-0.3, -0.25) is 4.79 Å². The summed E-state index contributed by atoms with van der Waals surface area (Å²) in [5, 5.41) is 15.2. The van der Waals surface area contributed by atoms with E-state index in [0.29, 0.717) is 0 Å². The lowest BCUT2D eigenvalue weighted by Gasteiger charge is -2.29. The standard InChI is InChI=1S/C12H24N2O2/c1-8(9(15)14-12(5,6)7)13-10(16)11(2,3)4/h10,13,16H,1H2,2-7H3,(H,14,15). The molecule has 0 aromatic rings. The summed E-state index contributed by atoms with van der Waals surface area (Å²) < 4.78 is 0. The van der Waals surface area contributed by atoms with Gasteiger partial charge in [-0.1, -0.05) is 27.4 Å². The molecule has 1 amide bonds. The van der Waals surface area contributed by atoms with Gasteiger partial charge < -0.3 is 15.7 Å². The maximum atomic E-state index is 11.6. The van der Waals surface area contributed by atoms with Gasteiger partial charge in [0.05, 0.1) is 5.70 Å². The minimum Gasteiger partial charge on any atom is -0.373 e. The van der Waals surface area contributed by atoms with Crippen molar-refractivity contribution >= 4 is 5.91 Å². The Hall–Kier alpha value is -1.03. The van der Waals surface area contributed by atoms with Gasteiger partial charge in [0.2, 0.25) is 0 Å². The van der Waals surface area contributed by atoms with E-state index in [4.69, 9.17) is 0 Å². The number of carbonyl (C=O) groups excluding carboxylic acids is 1. The molecule has 3 N–H and O–H groups in total. The van der Waals surface area contributed by atoms with E-state index in [9.17, 15) is 9.90 Å². The molecule has 16 heavy (non-hydrogen) atoms. The fraction of sp³-hybridized carbons (Fsp3) is 0.750. The van der Waals surface area contributed by atoms with Crippen LogP contribution in [0.2, 0.25) is 0 Å². The number of carbonyl (C=O) groups is 1. The number of hydrogen-bond acceptors (Lipinski definition) is 3. The first-order valence-corrected chi connectivity index (χ1v) is 5.39. The number of hydrogen-bond donors (Lipinski definition) is 3. The Kier molecular flexibility index (Phi) is 4.56. The number of nitrogens with one attached hydrogen (secondary N) is 2. The van der Waals surface area contributed by atoms with Crippen molar-refractivity contribution in [1.82, 2.24) is 10.6 Å². The first-order valence-electron chi connectivity index (χ1n) is 5.39. The largest absolute Gasteiger partial charge is 0.373 e. The van der Waals surface area contributed by atoms with Gasteiger partial charge in [0.25, 0.3) is 5.91 Å². The van der Waals surface area contributed by atoms with Crippen molar-refractivity contribution in [1.29, 1.82) is 0 Å². The SMILES string of the molecule is C=C(NC(O)C(C)(C)C)C(=O)NC(C)(C)C. The van der Waals surface area contributed by atoms with Crippen LogP contribution in [-0.2, 0) is 4.79 Å². The summed E-state index contributed by atoms with van der Waals surface area (Å²) in [4.78, 5) is 11.6. The van der Waals surface area contributed by atoms with Crippen LogP contribution in [0.15, 0.2) is 12.3 Å². The number of rotatable bonds is 3. The molecule has 1 unspecified atom stereocenters. The second-order valence-corrected chi connectivity index (χ2v) is 6.10. The van der Waals surface area contributed by atoms with Gasteiger partial charge in [-0.25, -0.2) is 0 Å². The first-order chi connectivity index (χ1) is 6.93. The molecule has 0 radical (unpaired) electrons. The Morgan fingerprint density at radius 3 is 1.94 bits per heavy atom. The fourth-order valence-electron chi connectivity index (χ4n) is 0.863. The molecule has 0 aliphatic carbocycles. The molecule has 0 bridgehead atoms. The predicted octanol–water partition coefficient (Wildman–Crippen LogP) is 1.37. The van der Waals surface area contributed by atoms with E-state index < -0.39 is 6.23 Å². The molecule has 4 nitrogen and oxygen atoms in total. The quantitative estimate of drug-likeness (QED) is 0.505. The summed E-state index contributed by atoms with van der Waals surface area (Å²) in [7, 11) is 0. The molecule has 0 heterocycles. The summed E-state index contributed by atoms with van der Waals surface area (Å²) >= 11 is 0. The van der Waals surface area contributed by atoms with E-state index in [2.05, 4.69) is 17.2 Å². The first kappa shape index (κ1) is 15.0. The van der Waals surface area contributed by atoms with E-state index in [-0.39, 0.29) is 22.6 Å². The van der Waals surface area contributed by atoms with Crippen molar-refractivity contribution in [2.24, 2.45) is 5.41 Å². The molecule has 94 valence electrons. The third-order valence-corrected chi connectivity index (χ3v) is 1.89. The summed E-state index contributed by atoms with van der Waals surface area (Å²) in [5.41, 5.74) is -0.475. The van der Waals surface area contributed by atoms with E-state index >= 15 is 0 Å². The molecule has 0 spiro atoms. The van der Waals surface area contributed by atoms with E-state index in [1.807, 2.05) is 41.5 Å². The molecule has 0 aromatic carbocycles. The summed E-state index contributed by atoms with van der Waals surface area (Å²) in [6.45, 7) is 14.9. The monoisotopic (exact) mass is 228 g/mol. The fourth-order valence-corrected chi connectivity index (χ4v) is 0.863. The second-order valence-electron chi connectivity index (χ2n) is 6.10. The Labute approximate surface area is 98.1 Å². The van der Waals surface area contributed by atoms with Gasteiger partial charge in [0.1, 0.15) is 6.23 Å². The molecule has 0 rings (SSSR count). The Bertz CT molecular complexity index is 272. The van der Waals surface area contributed by atoms with Crippen LogP contribution in [-0.4, -0.2) is 22.8 Å². The van der Waals surface area contributed by atoms with Crippen LogP contribution in [0, 0.1) is 5.41 Å². The molecule has 4 heteroatoms. The third-order valence-electron chi connectivity index (χ3n) is 1.89. The van der Waals surface area contributed by atoms with Gasteiger partial charge in [-0.2, -0.15) is 0 Å². The zero-order chi connectivity index (χ0) is 13.1. The molecule has 0 saturated carbocycles. The lowest BCUT2D eigenvalue weighted by molar-refractivity contribution is -0.119. The van der Waals surface area contributed by atoms with Crippen LogP contribution in [0.4, 0.5) is 0 Å². The van der Waals surface area contributed by atoms with Gasteiger partial charge >= 0.3 is 0 Å². The van der Waals surface area contributed by atoms with Crippen LogP contribution >= 0.6 is 0 Å². The normalized spacial score (nSPS) is 14.2. The van der Waals surface area contributed by atoms with Crippen LogP contribution < -0.4 is 10.6 Å². The molecule has 0 aliphatic rings. The smallest absolute Gasteiger partial charge is 0.267 e. The minimum absolute atomic E-state index is 0.178. The molecule has 0 aliphatic heterocycles. The minimum atomic E-state index is -0.800. The maximum absolute atomic E-state index is 11.6. The van der Waals surface area contributed by atoms with E-state index in [1.165, 1.54) is 0 Å². The number of amides is 1. The van der Waals surface area contributed by atoms with E-state index in [1.54, 1.807) is 0 Å². The number of aliphatic hydroxyl groups excluding tert-OH is 1. The van der Waals surface area contributed by atoms with Crippen LogP contribution in [0.5, 0.6) is 0 Å². The van der Waals surface area contributed by atoms with E-state index in [0.717, 1.165) is 0 Å². The van der Waals surface area contributed by atoms with Crippen molar-refractivity contribution in [2.75, 3.05) is 0 Å². The summed E-state index contributed by atoms with van der Waals surface area (Å²) in [5.74, 6) is -0.296. The maximum Gasteiger partial charge on any atom is 0.267 e. The Balaban J connectivity index is 4.33. The molecule has 0 aromatic heterocycles. The van der Waals surface area contributed by atoms with Gasteiger partial charge in [0, 0.05) is 11.0 Å². The Morgan fingerprint density at radius 1 is 1.19 bits per heavy atom. The molecule has 0 fully saturated rings. The van der Waals surface area contributed by atoms with Crippen molar-refractivity contribution in [3.05, 3.63) is 12.3 Å². The van der Waals surface area contributed by atoms with Crippen molar-refractivity contribution < 1.29 is 9.90 Å². The van der Waals surface area contributed by atoms with Crippen LogP contribution in [0.25, 0.3) is 0 Å². The summed E-state index contributed by atoms with van der Waals surface area (Å²) in [6.07, 6.45) is -0.800. The molecule has 1 atom stereocenters. The zero-order valence-corrected chi connectivity index (χ0v) is 11.1. The lowest BCUT2D eigenvalue weighted by atomic mass is 9.94. The zero-order valence-electron chi connectivity index (χ0n) is 11.1. The van der Waals surface area contributed by atoms with Gasteiger partial charge in [0.15, 0.2) is 0 Å². The highest BCUT2D eigenvalue weighted by atomic mass is 16.3. The average molecular weight is 228 g/mol. The average Bonchev–Trinajstić information content (AvgIpc) is 1.98. The van der Waals surface area contributed by atoms with Crippen molar-refractivity contribution in [3.8, 4) is 0 Å². The lowest BCUT2D eigenvalue weighted by Crippen LogP contribution is -2.47. The second kappa shape index (κ2) is 4.87. The Morgan fingerprint density at radius 2 is 1.62 bits per heavy atom. The number of aliphatic hydroxyl groups is 1. The third kappa shape index (κ3) is 5.75. The van der Waals surface area contributed by atoms with Crippen molar-refractivity contribution in [3.63, 3.8) is 0 Å². The predicted molar refractivity (Wildman–Crippen MR) is 65.6 cm³/mol. The van der Waals surface area contributed by atoms with Crippen LogP contribution in [0.1, 0.15) is 41.5 Å². The highest BCUT2D eigenvalue weighted by Crippen LogP contribution is 2.17. The highest BCUT2D eigenvalue weighted by molar-refractivity contribution is 5.92. The molecular formula is C12H24N2O2. The van der Waals surface area contributed by atoms with Crippen molar-refractivity contribution in [2.45, 2.75) is 53.3 Å². The molecular weight excluding hydrogens is 204 g/mol. The van der Waals surface area contributed by atoms with Crippen LogP contribution in [0.3, 0.4) is 0 Å². The van der Waals surface area contributed by atoms with Gasteiger partial charge in [-0.05, 0) is 20.8 Å². The van der Waals surface area contributed by atoms with Gasteiger partial charge in [-0.15, -0.1) is 0 Å².